The monoisotopic (exact) mass is 372 g/mol. The first kappa shape index (κ1) is 23.5. The summed E-state index contributed by atoms with van der Waals surface area (Å²) in [4.78, 5) is 0. The molecule has 0 aromatic heterocycles. The minimum Gasteiger partial charge on any atom is -0.170 e. The molecule has 0 heterocycles. The van der Waals surface area contributed by atoms with Crippen molar-refractivity contribution in [3.63, 3.8) is 0 Å². The highest BCUT2D eigenvalue weighted by atomic mass is 33.1. The molecule has 140 valence electrons. The number of rotatable bonds is 12. The number of halogens is 3. The lowest BCUT2D eigenvalue weighted by Crippen LogP contribution is -2.33. The smallest absolute Gasteiger partial charge is 0.170 e. The van der Waals surface area contributed by atoms with Crippen LogP contribution in [-0.4, -0.2) is 16.2 Å². The molecule has 0 aliphatic heterocycles. The van der Waals surface area contributed by atoms with Crippen LogP contribution in [0.4, 0.5) is 13.2 Å². The van der Waals surface area contributed by atoms with E-state index in [1.165, 1.54) is 10.8 Å². The molecule has 0 fully saturated rings. The molecule has 0 saturated carbocycles. The largest absolute Gasteiger partial charge is 0.401 e. The normalized spacial score (nSPS) is 15.7. The molecule has 0 aromatic carbocycles. The molecule has 1 unspecified atom stereocenters. The molecular weight excluding hydrogens is 337 g/mol. The number of alkyl halides is 3. The maximum atomic E-state index is 13.6. The zero-order valence-corrected chi connectivity index (χ0v) is 17.1. The number of hydrogen-bond donors (Lipinski definition) is 0. The zero-order chi connectivity index (χ0) is 17.9. The fraction of sp³-hybridized carbons (Fsp3) is 1.00. The summed E-state index contributed by atoms with van der Waals surface area (Å²) in [5, 5.41) is -1.23. The summed E-state index contributed by atoms with van der Waals surface area (Å²) in [6.45, 7) is 10.2. The summed E-state index contributed by atoms with van der Waals surface area (Å²) >= 11 is 0. The second-order valence-electron chi connectivity index (χ2n) is 7.36. The SMILES string of the molecule is CCCCCCC(CCCCC)[C@@H](SSC(C)(C)C)C(F)(F)F. The van der Waals surface area contributed by atoms with E-state index in [0.717, 1.165) is 55.7 Å². The summed E-state index contributed by atoms with van der Waals surface area (Å²) in [6, 6.07) is 0. The van der Waals surface area contributed by atoms with E-state index in [1.54, 1.807) is 0 Å². The van der Waals surface area contributed by atoms with Crippen molar-refractivity contribution in [1.29, 1.82) is 0 Å². The van der Waals surface area contributed by atoms with Crippen molar-refractivity contribution in [2.45, 2.75) is 109 Å². The van der Waals surface area contributed by atoms with Gasteiger partial charge >= 0.3 is 6.18 Å². The topological polar surface area (TPSA) is 0 Å². The van der Waals surface area contributed by atoms with Crippen LogP contribution in [0.5, 0.6) is 0 Å². The Balaban J connectivity index is 4.81. The van der Waals surface area contributed by atoms with Crippen LogP contribution in [0.1, 0.15) is 92.4 Å². The first-order chi connectivity index (χ1) is 10.6. The van der Waals surface area contributed by atoms with Gasteiger partial charge in [0.1, 0.15) is 5.25 Å². The van der Waals surface area contributed by atoms with Crippen LogP contribution in [0.3, 0.4) is 0 Å². The maximum Gasteiger partial charge on any atom is 0.401 e. The second-order valence-corrected chi connectivity index (χ2v) is 10.5. The molecule has 0 aliphatic carbocycles. The van der Waals surface area contributed by atoms with Gasteiger partial charge in [-0.2, -0.15) is 13.2 Å². The first-order valence-corrected chi connectivity index (χ1v) is 11.2. The van der Waals surface area contributed by atoms with E-state index < -0.39 is 11.4 Å². The molecule has 23 heavy (non-hydrogen) atoms. The van der Waals surface area contributed by atoms with Gasteiger partial charge in [-0.05, 0) is 18.8 Å². The molecule has 0 rings (SSSR count). The fourth-order valence-electron chi connectivity index (χ4n) is 2.53. The molecule has 0 bridgehead atoms. The molecule has 5 heteroatoms. The van der Waals surface area contributed by atoms with Crippen molar-refractivity contribution in [2.75, 3.05) is 0 Å². The van der Waals surface area contributed by atoms with Crippen LogP contribution >= 0.6 is 21.6 Å². The Kier molecular flexibility index (Phi) is 12.2. The second kappa shape index (κ2) is 11.9. The average Bonchev–Trinajstić information content (AvgIpc) is 2.40. The molecule has 0 N–H and O–H groups in total. The minimum absolute atomic E-state index is 0.148. The third-order valence-corrected chi connectivity index (χ3v) is 7.63. The van der Waals surface area contributed by atoms with Crippen LogP contribution in [0, 0.1) is 5.92 Å². The van der Waals surface area contributed by atoms with Crippen molar-refractivity contribution in [1.82, 2.24) is 0 Å². The summed E-state index contributed by atoms with van der Waals surface area (Å²) in [5.74, 6) is -0.238. The van der Waals surface area contributed by atoms with Gasteiger partial charge in [0.2, 0.25) is 0 Å². The highest BCUT2D eigenvalue weighted by Crippen LogP contribution is 2.48. The van der Waals surface area contributed by atoms with Crippen LogP contribution in [0.15, 0.2) is 0 Å². The summed E-state index contributed by atoms with van der Waals surface area (Å²) in [6.07, 6.45) is 4.57. The molecule has 0 saturated heterocycles. The minimum atomic E-state index is -4.11. The lowest BCUT2D eigenvalue weighted by atomic mass is 9.91. The van der Waals surface area contributed by atoms with Crippen molar-refractivity contribution >= 4 is 21.6 Å². The van der Waals surface area contributed by atoms with Gasteiger partial charge in [-0.1, -0.05) is 101 Å². The molecule has 0 spiro atoms. The molecule has 0 aromatic rings. The first-order valence-electron chi connectivity index (χ1n) is 9.03. The Morgan fingerprint density at radius 3 is 1.70 bits per heavy atom. The van der Waals surface area contributed by atoms with Gasteiger partial charge in [0.05, 0.1) is 0 Å². The summed E-state index contributed by atoms with van der Waals surface area (Å²) in [7, 11) is 2.43. The van der Waals surface area contributed by atoms with Crippen LogP contribution < -0.4 is 0 Å². The maximum absolute atomic E-state index is 13.6. The average molecular weight is 373 g/mol. The Morgan fingerprint density at radius 1 is 0.783 bits per heavy atom. The third kappa shape index (κ3) is 12.5. The Morgan fingerprint density at radius 2 is 1.26 bits per heavy atom. The van der Waals surface area contributed by atoms with E-state index in [-0.39, 0.29) is 10.7 Å². The van der Waals surface area contributed by atoms with Gasteiger partial charge in [0.15, 0.2) is 0 Å². The van der Waals surface area contributed by atoms with Crippen molar-refractivity contribution in [3.05, 3.63) is 0 Å². The molecule has 0 amide bonds. The predicted octanol–water partition coefficient (Wildman–Crippen LogP) is 8.26. The van der Waals surface area contributed by atoms with Gasteiger partial charge < -0.3 is 0 Å². The van der Waals surface area contributed by atoms with E-state index in [0.29, 0.717) is 12.8 Å². The highest BCUT2D eigenvalue weighted by molar-refractivity contribution is 8.77. The lowest BCUT2D eigenvalue weighted by Gasteiger charge is -2.30. The van der Waals surface area contributed by atoms with Gasteiger partial charge in [-0.3, -0.25) is 0 Å². The van der Waals surface area contributed by atoms with Crippen molar-refractivity contribution < 1.29 is 13.2 Å². The predicted molar refractivity (Wildman–Crippen MR) is 101 cm³/mol. The van der Waals surface area contributed by atoms with Gasteiger partial charge in [-0.15, -0.1) is 0 Å². The van der Waals surface area contributed by atoms with Crippen LogP contribution in [-0.2, 0) is 0 Å². The van der Waals surface area contributed by atoms with Crippen molar-refractivity contribution in [3.8, 4) is 0 Å². The number of unbranched alkanes of at least 4 members (excludes halogenated alkanes) is 5. The van der Waals surface area contributed by atoms with E-state index in [2.05, 4.69) is 13.8 Å². The molecule has 2 atom stereocenters. The van der Waals surface area contributed by atoms with Gasteiger partial charge in [0.25, 0.3) is 0 Å². The van der Waals surface area contributed by atoms with Crippen molar-refractivity contribution in [2.24, 2.45) is 5.92 Å². The van der Waals surface area contributed by atoms with E-state index >= 15 is 0 Å². The molecule has 0 nitrogen and oxygen atoms in total. The summed E-state index contributed by atoms with van der Waals surface area (Å²) in [5.41, 5.74) is 0. The Hall–Kier alpha value is 0.490. The molecule has 0 radical (unpaired) electrons. The lowest BCUT2D eigenvalue weighted by molar-refractivity contribution is -0.138. The highest BCUT2D eigenvalue weighted by Gasteiger charge is 2.45. The summed E-state index contributed by atoms with van der Waals surface area (Å²) < 4.78 is 40.6. The standard InChI is InChI=1S/C18H35F3S2/c1-6-8-10-12-14-15(13-11-9-7-2)16(18(19,20)21)22-23-17(3,4)5/h15-16H,6-14H2,1-5H3/t15?,16-/m1/s1. The Labute approximate surface area is 149 Å². The zero-order valence-electron chi connectivity index (χ0n) is 15.5. The molecular formula is C18H35F3S2. The van der Waals surface area contributed by atoms with Crippen LogP contribution in [0.25, 0.3) is 0 Å². The van der Waals surface area contributed by atoms with E-state index in [4.69, 9.17) is 0 Å². The van der Waals surface area contributed by atoms with Gasteiger partial charge in [-0.25, -0.2) is 0 Å². The van der Waals surface area contributed by atoms with E-state index in [1.807, 2.05) is 20.8 Å². The molecule has 0 aliphatic rings. The van der Waals surface area contributed by atoms with E-state index in [9.17, 15) is 13.2 Å². The quantitative estimate of drug-likeness (QED) is 0.250. The fourth-order valence-corrected chi connectivity index (χ4v) is 5.44. The third-order valence-electron chi connectivity index (χ3n) is 3.76. The van der Waals surface area contributed by atoms with Gasteiger partial charge in [0, 0.05) is 4.75 Å². The Bertz CT molecular complexity index is 285. The number of hydrogen-bond acceptors (Lipinski definition) is 2. The van der Waals surface area contributed by atoms with Crippen LogP contribution in [0.2, 0.25) is 0 Å².